The third-order valence-electron chi connectivity index (χ3n) is 6.76. The zero-order valence-electron chi connectivity index (χ0n) is 27.9. The van der Waals surface area contributed by atoms with Crippen molar-refractivity contribution in [3.05, 3.63) is 35.5 Å². The molecule has 0 radical (unpaired) electrons. The Kier molecular flexibility index (Phi) is 15.9. The van der Waals surface area contributed by atoms with E-state index in [1.165, 1.54) is 48.7 Å². The highest BCUT2D eigenvalue weighted by molar-refractivity contribution is 5.84. The average molecular weight is 576 g/mol. The van der Waals surface area contributed by atoms with Crippen LogP contribution in [0, 0.1) is 0 Å². The first-order valence-corrected chi connectivity index (χ1v) is 16.4. The number of aromatic nitrogens is 1. The third-order valence-corrected chi connectivity index (χ3v) is 6.76. The van der Waals surface area contributed by atoms with E-state index < -0.39 is 5.97 Å². The lowest BCUT2D eigenvalue weighted by Gasteiger charge is -2.37. The summed E-state index contributed by atoms with van der Waals surface area (Å²) >= 11 is 0. The molecule has 0 spiro atoms. The molecule has 1 aromatic heterocycles. The minimum absolute atomic E-state index is 0.0456. The summed E-state index contributed by atoms with van der Waals surface area (Å²) in [6.45, 7) is 20.5. The summed E-state index contributed by atoms with van der Waals surface area (Å²) in [5, 5.41) is 1.20. The number of para-hydroxylation sites is 1. The van der Waals surface area contributed by atoms with E-state index in [1.54, 1.807) is 0 Å². The van der Waals surface area contributed by atoms with E-state index in [-0.39, 0.29) is 36.8 Å². The molecule has 0 saturated carbocycles. The second-order valence-corrected chi connectivity index (χ2v) is 12.8. The second kappa shape index (κ2) is 18.3. The maximum absolute atomic E-state index is 6.26. The Morgan fingerprint density at radius 1 is 0.585 bits per heavy atom. The number of ether oxygens (including phenoxy) is 5. The molecule has 0 bridgehead atoms. The first-order chi connectivity index (χ1) is 19.4. The summed E-state index contributed by atoms with van der Waals surface area (Å²) in [6, 6.07) is 8.50. The zero-order chi connectivity index (χ0) is 30.4. The minimum Gasteiger partial charge on any atom is -0.358 e. The van der Waals surface area contributed by atoms with Gasteiger partial charge >= 0.3 is 0 Å². The molecule has 0 unspecified atom stereocenters. The first-order valence-electron chi connectivity index (χ1n) is 16.4. The van der Waals surface area contributed by atoms with Crippen molar-refractivity contribution < 1.29 is 23.7 Å². The van der Waals surface area contributed by atoms with Gasteiger partial charge in [-0.15, -0.1) is 0 Å². The van der Waals surface area contributed by atoms with Crippen LogP contribution in [0.3, 0.4) is 0 Å². The molecule has 41 heavy (non-hydrogen) atoms. The van der Waals surface area contributed by atoms with Crippen molar-refractivity contribution in [3.63, 3.8) is 0 Å². The van der Waals surface area contributed by atoms with Gasteiger partial charge in [-0.2, -0.15) is 0 Å². The largest absolute Gasteiger partial charge is 0.358 e. The lowest BCUT2D eigenvalue weighted by atomic mass is 10.0. The molecule has 2 aromatic rings. The summed E-state index contributed by atoms with van der Waals surface area (Å²) < 4.78 is 31.1. The minimum atomic E-state index is -0.947. The van der Waals surface area contributed by atoms with E-state index in [1.807, 2.05) is 41.5 Å². The van der Waals surface area contributed by atoms with Crippen molar-refractivity contribution in [2.45, 2.75) is 176 Å². The van der Waals surface area contributed by atoms with E-state index in [0.717, 1.165) is 37.6 Å². The van der Waals surface area contributed by atoms with Gasteiger partial charge in [-0.1, -0.05) is 56.7 Å². The van der Waals surface area contributed by atoms with Crippen molar-refractivity contribution in [1.82, 2.24) is 4.98 Å². The predicted molar refractivity (Wildman–Crippen MR) is 170 cm³/mol. The standard InChI is InChI=1S/C35H61NO5/c1-25(2)37-34(38-26(3)4)33-30-21-18-19-22-31(30)36-32(33)23-17-15-13-11-12-14-16-20-24-35(39-27(5)6,40-28(7)8)41-29(9)10/h18-19,21-22,25-29,34,36H,11-17,20,23-24H2,1-10H3. The third kappa shape index (κ3) is 13.2. The van der Waals surface area contributed by atoms with Crippen molar-refractivity contribution in [1.29, 1.82) is 0 Å². The Bertz CT molecular complexity index is 928. The fourth-order valence-corrected chi connectivity index (χ4v) is 5.39. The fraction of sp³-hybridized carbons (Fsp3) is 0.771. The number of unbranched alkanes of at least 4 members (excludes halogenated alkanes) is 7. The Morgan fingerprint density at radius 2 is 1.05 bits per heavy atom. The number of benzene rings is 1. The van der Waals surface area contributed by atoms with Crippen molar-refractivity contribution in [2.24, 2.45) is 0 Å². The van der Waals surface area contributed by atoms with Gasteiger partial charge in [-0.3, -0.25) is 0 Å². The molecule has 2 rings (SSSR count). The van der Waals surface area contributed by atoms with E-state index in [0.29, 0.717) is 0 Å². The number of hydrogen-bond donors (Lipinski definition) is 1. The molecule has 236 valence electrons. The molecule has 0 saturated heterocycles. The van der Waals surface area contributed by atoms with Crippen LogP contribution in [0.4, 0.5) is 0 Å². The lowest BCUT2D eigenvalue weighted by molar-refractivity contribution is -0.412. The van der Waals surface area contributed by atoms with Gasteiger partial charge in [0.1, 0.15) is 0 Å². The van der Waals surface area contributed by atoms with Crippen LogP contribution >= 0.6 is 0 Å². The van der Waals surface area contributed by atoms with Crippen LogP contribution in [-0.2, 0) is 30.1 Å². The highest BCUT2D eigenvalue weighted by atomic mass is 16.9. The van der Waals surface area contributed by atoms with Gasteiger partial charge in [0.05, 0.1) is 30.5 Å². The molecule has 0 amide bonds. The Balaban J connectivity index is 1.81. The molecule has 1 heterocycles. The number of fused-ring (bicyclic) bond motifs is 1. The molecular weight excluding hydrogens is 514 g/mol. The van der Waals surface area contributed by atoms with Crippen molar-refractivity contribution >= 4 is 10.9 Å². The summed E-state index contributed by atoms with van der Waals surface area (Å²) in [5.41, 5.74) is 3.57. The zero-order valence-corrected chi connectivity index (χ0v) is 27.9. The molecule has 0 aliphatic carbocycles. The highest BCUT2D eigenvalue weighted by Crippen LogP contribution is 2.34. The molecule has 0 aliphatic rings. The smallest absolute Gasteiger partial charge is 0.283 e. The van der Waals surface area contributed by atoms with Gasteiger partial charge in [0, 0.05) is 28.6 Å². The predicted octanol–water partition coefficient (Wildman–Crippen LogP) is 10.00. The quantitative estimate of drug-likeness (QED) is 0.112. The molecular formula is C35H61NO5. The first kappa shape index (κ1) is 35.8. The van der Waals surface area contributed by atoms with E-state index >= 15 is 0 Å². The Hall–Kier alpha value is -1.44. The summed E-state index contributed by atoms with van der Waals surface area (Å²) in [4.78, 5) is 3.67. The fourth-order valence-electron chi connectivity index (χ4n) is 5.39. The molecule has 0 atom stereocenters. The van der Waals surface area contributed by atoms with Gasteiger partial charge in [0.25, 0.3) is 5.97 Å². The normalized spacial score (nSPS) is 13.0. The number of rotatable bonds is 22. The van der Waals surface area contributed by atoms with E-state index in [4.69, 9.17) is 23.7 Å². The van der Waals surface area contributed by atoms with E-state index in [2.05, 4.69) is 56.9 Å². The van der Waals surface area contributed by atoms with Crippen LogP contribution in [0.1, 0.15) is 145 Å². The molecule has 0 aliphatic heterocycles. The summed E-state index contributed by atoms with van der Waals surface area (Å²) in [7, 11) is 0. The number of aromatic amines is 1. The van der Waals surface area contributed by atoms with Gasteiger partial charge < -0.3 is 28.7 Å². The Labute approximate surface area is 251 Å². The van der Waals surface area contributed by atoms with Crippen LogP contribution in [-0.4, -0.2) is 41.5 Å². The van der Waals surface area contributed by atoms with Gasteiger partial charge in [-0.05, 0) is 94.6 Å². The van der Waals surface area contributed by atoms with Crippen LogP contribution in [0.15, 0.2) is 24.3 Å². The van der Waals surface area contributed by atoms with Crippen molar-refractivity contribution in [3.8, 4) is 0 Å². The average Bonchev–Trinajstić information content (AvgIpc) is 3.21. The second-order valence-electron chi connectivity index (χ2n) is 12.8. The molecule has 1 N–H and O–H groups in total. The van der Waals surface area contributed by atoms with Gasteiger partial charge in [0.15, 0.2) is 6.29 Å². The highest BCUT2D eigenvalue weighted by Gasteiger charge is 2.36. The van der Waals surface area contributed by atoms with Gasteiger partial charge in [0.2, 0.25) is 0 Å². The number of H-pyrrole nitrogens is 1. The van der Waals surface area contributed by atoms with Crippen LogP contribution < -0.4 is 0 Å². The number of nitrogens with one attached hydrogen (secondary N) is 1. The van der Waals surface area contributed by atoms with Crippen LogP contribution in [0.2, 0.25) is 0 Å². The van der Waals surface area contributed by atoms with Crippen molar-refractivity contribution in [2.75, 3.05) is 0 Å². The number of hydrogen-bond acceptors (Lipinski definition) is 5. The molecule has 1 aromatic carbocycles. The topological polar surface area (TPSA) is 61.9 Å². The number of aryl methyl sites for hydroxylation is 1. The van der Waals surface area contributed by atoms with E-state index in [9.17, 15) is 0 Å². The van der Waals surface area contributed by atoms with Gasteiger partial charge in [-0.25, -0.2) is 0 Å². The maximum atomic E-state index is 6.26. The van der Waals surface area contributed by atoms with Crippen LogP contribution in [0.5, 0.6) is 0 Å². The molecule has 6 nitrogen and oxygen atoms in total. The van der Waals surface area contributed by atoms with Crippen LogP contribution in [0.25, 0.3) is 10.9 Å². The maximum Gasteiger partial charge on any atom is 0.283 e. The summed E-state index contributed by atoms with van der Waals surface area (Å²) in [6.07, 6.45) is 11.3. The molecule has 0 fully saturated rings. The summed E-state index contributed by atoms with van der Waals surface area (Å²) in [5.74, 6) is -0.947. The monoisotopic (exact) mass is 575 g/mol. The molecule has 6 heteroatoms. The SMILES string of the molecule is CC(C)OC(OC(C)C)c1c(CCCCCCCCCCC(OC(C)C)(OC(C)C)OC(C)C)[nH]c2ccccc12. The Morgan fingerprint density at radius 3 is 1.54 bits per heavy atom. The lowest BCUT2D eigenvalue weighted by Crippen LogP contribution is -2.44.